The van der Waals surface area contributed by atoms with Crippen molar-refractivity contribution < 1.29 is 87.9 Å². The van der Waals surface area contributed by atoms with Gasteiger partial charge in [-0.25, -0.2) is 0 Å². The molecule has 0 aliphatic heterocycles. The van der Waals surface area contributed by atoms with Crippen LogP contribution in [0.25, 0.3) is 0 Å². The molecule has 9 nitrogen and oxygen atoms in total. The van der Waals surface area contributed by atoms with Gasteiger partial charge in [-0.2, -0.15) is 0 Å². The molecular formula is H16ClO9Zr. The summed E-state index contributed by atoms with van der Waals surface area (Å²) in [4.78, 5) is 0. The van der Waals surface area contributed by atoms with E-state index >= 15 is 0 Å². The van der Waals surface area contributed by atoms with E-state index in [0.717, 1.165) is 0 Å². The molecule has 81 valence electrons. The molecule has 11 heteroatoms. The number of halogens is 1. The minimum Gasteiger partial charge on any atom is -2.00 e. The maximum absolute atomic E-state index is 0. The number of hydrogen-bond donors (Lipinski definition) is 0. The van der Waals surface area contributed by atoms with Gasteiger partial charge >= 0.3 is 26.2 Å². The van der Waals surface area contributed by atoms with Crippen LogP contribution in [0.5, 0.6) is 0 Å². The first kappa shape index (κ1) is 2090. The molecule has 0 saturated carbocycles. The van der Waals surface area contributed by atoms with Crippen LogP contribution in [-0.2, 0) is 31.7 Å². The zero-order valence-electron chi connectivity index (χ0n) is 5.29. The summed E-state index contributed by atoms with van der Waals surface area (Å²) in [5, 5.41) is 0. The van der Waals surface area contributed by atoms with Crippen LogP contribution < -0.4 is 12.4 Å². The van der Waals surface area contributed by atoms with E-state index in [-0.39, 0.29) is 87.9 Å². The van der Waals surface area contributed by atoms with Gasteiger partial charge in [-0.1, -0.05) is 0 Å². The van der Waals surface area contributed by atoms with Crippen molar-refractivity contribution in [3.63, 3.8) is 0 Å². The van der Waals surface area contributed by atoms with Gasteiger partial charge in [-0.3, -0.25) is 0 Å². The first-order valence-corrected chi connectivity index (χ1v) is 0. The van der Waals surface area contributed by atoms with E-state index in [4.69, 9.17) is 0 Å². The van der Waals surface area contributed by atoms with Crippen LogP contribution in [0.1, 0.15) is 0 Å². The Morgan fingerprint density at radius 2 is 0.364 bits per heavy atom. The summed E-state index contributed by atoms with van der Waals surface area (Å²) in [7, 11) is 0. The Morgan fingerprint density at radius 1 is 0.364 bits per heavy atom. The smallest absolute Gasteiger partial charge is 2.00 e. The summed E-state index contributed by atoms with van der Waals surface area (Å²) < 4.78 is 0. The van der Waals surface area contributed by atoms with Crippen molar-refractivity contribution >= 4 is 0 Å². The van der Waals surface area contributed by atoms with Gasteiger partial charge < -0.3 is 61.7 Å². The normalized spacial score (nSPS) is 0. The maximum Gasteiger partial charge on any atom is 3.00 e. The summed E-state index contributed by atoms with van der Waals surface area (Å²) >= 11 is 0. The van der Waals surface area contributed by atoms with Gasteiger partial charge in [-0.15, -0.1) is 0 Å². The fraction of sp³-hybridized carbons (Fsp3) is 0. The third-order valence-electron chi connectivity index (χ3n) is 0. The fourth-order valence-electron chi connectivity index (χ4n) is 0. The largest absolute Gasteiger partial charge is 3.00 e. The van der Waals surface area contributed by atoms with E-state index in [2.05, 4.69) is 0 Å². The number of rotatable bonds is 0. The van der Waals surface area contributed by atoms with Crippen molar-refractivity contribution in [2.45, 2.75) is 0 Å². The predicted octanol–water partition coefficient (Wildman–Crippen LogP) is -9.71. The Morgan fingerprint density at radius 3 is 0.364 bits per heavy atom. The third kappa shape index (κ3) is 1270. The van der Waals surface area contributed by atoms with Crippen molar-refractivity contribution in [3.8, 4) is 0 Å². The Hall–Kier alpha value is 0.813. The van der Waals surface area contributed by atoms with Crippen molar-refractivity contribution in [1.82, 2.24) is 0 Å². The van der Waals surface area contributed by atoms with E-state index in [1.165, 1.54) is 0 Å². The molecular weight excluding hydrogens is 271 g/mol. The first-order chi connectivity index (χ1) is 0. The van der Waals surface area contributed by atoms with E-state index in [9.17, 15) is 0 Å². The molecule has 0 rings (SSSR count). The maximum atomic E-state index is 0. The monoisotopic (exact) mass is 285 g/mol. The van der Waals surface area contributed by atoms with Gasteiger partial charge in [0.25, 0.3) is 0 Å². The molecule has 0 aromatic rings. The average molecular weight is 287 g/mol. The molecule has 0 saturated heterocycles. The molecule has 0 aliphatic carbocycles. The second-order valence-corrected chi connectivity index (χ2v) is 0. The van der Waals surface area contributed by atoms with Crippen molar-refractivity contribution in [1.29, 1.82) is 0 Å². The molecule has 0 unspecified atom stereocenters. The standard InChI is InChI=1S/ClH.8H2O.O.Zr/h1H;8*1H2;;/q;;;;;;;;;-2;+3/p-1. The molecule has 0 fully saturated rings. The zero-order valence-corrected chi connectivity index (χ0v) is 8.50. The van der Waals surface area contributed by atoms with Gasteiger partial charge in [0.1, 0.15) is 0 Å². The van der Waals surface area contributed by atoms with Crippen LogP contribution in [0, 0.1) is 0 Å². The summed E-state index contributed by atoms with van der Waals surface area (Å²) in [5.41, 5.74) is 0. The first-order valence-electron chi connectivity index (χ1n) is 0. The summed E-state index contributed by atoms with van der Waals surface area (Å²) in [6, 6.07) is 0. The van der Waals surface area contributed by atoms with Crippen LogP contribution in [0.3, 0.4) is 0 Å². The summed E-state index contributed by atoms with van der Waals surface area (Å²) in [6.45, 7) is 0. The molecule has 16 N–H and O–H groups in total. The molecule has 0 aromatic carbocycles. The molecule has 0 atom stereocenters. The average Bonchev–Trinajstić information content (AvgIpc) is 0. The Labute approximate surface area is 88.1 Å². The molecule has 1 radical (unpaired) electrons. The van der Waals surface area contributed by atoms with Crippen molar-refractivity contribution in [3.05, 3.63) is 0 Å². The van der Waals surface area contributed by atoms with Gasteiger partial charge in [0, 0.05) is 0 Å². The Balaban J connectivity index is 0. The van der Waals surface area contributed by atoms with Crippen LogP contribution >= 0.6 is 0 Å². The van der Waals surface area contributed by atoms with E-state index < -0.39 is 0 Å². The van der Waals surface area contributed by atoms with E-state index in [1.54, 1.807) is 0 Å². The second-order valence-electron chi connectivity index (χ2n) is 0. The summed E-state index contributed by atoms with van der Waals surface area (Å²) in [6.07, 6.45) is 0. The van der Waals surface area contributed by atoms with Gasteiger partial charge in [0.2, 0.25) is 0 Å². The molecule has 0 heterocycles. The summed E-state index contributed by atoms with van der Waals surface area (Å²) in [5.74, 6) is 0. The van der Waals surface area contributed by atoms with Gasteiger partial charge in [-0.05, 0) is 0 Å². The zero-order chi connectivity index (χ0) is 0. The number of hydrogen-bond acceptors (Lipinski definition) is 0. The quantitative estimate of drug-likeness (QED) is 0.400. The second kappa shape index (κ2) is 1570. The van der Waals surface area contributed by atoms with Crippen LogP contribution in [-0.4, -0.2) is 43.8 Å². The van der Waals surface area contributed by atoms with E-state index in [1.807, 2.05) is 0 Å². The van der Waals surface area contributed by atoms with Gasteiger partial charge in [0.15, 0.2) is 0 Å². The predicted molar refractivity (Wildman–Crippen MR) is 29.6 cm³/mol. The molecule has 0 aromatic heterocycles. The van der Waals surface area contributed by atoms with Crippen LogP contribution in [0.2, 0.25) is 0 Å². The fourth-order valence-corrected chi connectivity index (χ4v) is 0. The molecule has 0 amide bonds. The molecule has 0 spiro atoms. The van der Waals surface area contributed by atoms with Crippen molar-refractivity contribution in [2.24, 2.45) is 0 Å². The minimum absolute atomic E-state index is 0. The molecule has 0 aliphatic rings. The molecule has 11 heavy (non-hydrogen) atoms. The Bertz CT molecular complexity index is 9.52. The third-order valence-corrected chi connectivity index (χ3v) is 0. The van der Waals surface area contributed by atoms with Gasteiger partial charge in [0.05, 0.1) is 0 Å². The topological polar surface area (TPSA) is 280 Å². The SMILES string of the molecule is O.O.O.O.O.O.O.O.[Cl-].[O-2].[Zr+3]. The minimum atomic E-state index is 0. The van der Waals surface area contributed by atoms with E-state index in [0.29, 0.717) is 0 Å². The Kier molecular flexibility index (Phi) is 299000. The molecule has 0 bridgehead atoms. The van der Waals surface area contributed by atoms with Crippen molar-refractivity contribution in [2.75, 3.05) is 0 Å². The van der Waals surface area contributed by atoms with Crippen LogP contribution in [0.4, 0.5) is 0 Å². The van der Waals surface area contributed by atoms with Crippen LogP contribution in [0.15, 0.2) is 0 Å².